The molecular formula is C30H33N3O4. The quantitative estimate of drug-likeness (QED) is 0.417. The van der Waals surface area contributed by atoms with E-state index in [-0.39, 0.29) is 24.4 Å². The Labute approximate surface area is 217 Å². The molecule has 2 aromatic carbocycles. The van der Waals surface area contributed by atoms with Crippen LogP contribution in [0.15, 0.2) is 42.5 Å². The zero-order chi connectivity index (χ0) is 26.5. The molecule has 0 radical (unpaired) electrons. The van der Waals surface area contributed by atoms with Gasteiger partial charge in [-0.1, -0.05) is 29.8 Å². The second kappa shape index (κ2) is 9.08. The highest BCUT2D eigenvalue weighted by Crippen LogP contribution is 2.42. The third kappa shape index (κ3) is 4.65. The van der Waals surface area contributed by atoms with E-state index in [4.69, 9.17) is 15.5 Å². The van der Waals surface area contributed by atoms with E-state index in [0.29, 0.717) is 36.4 Å². The third-order valence-electron chi connectivity index (χ3n) is 7.59. The molecular weight excluding hydrogens is 466 g/mol. The number of fused-ring (bicyclic) bond motifs is 2. The highest BCUT2D eigenvalue weighted by atomic mass is 16.5. The number of hydrogen-bond acceptors (Lipinski definition) is 7. The zero-order valence-electron chi connectivity index (χ0n) is 21.8. The predicted molar refractivity (Wildman–Crippen MR) is 143 cm³/mol. The first-order valence-electron chi connectivity index (χ1n) is 12.6. The van der Waals surface area contributed by atoms with Gasteiger partial charge >= 0.3 is 0 Å². The number of methoxy groups -OCH3 is 1. The third-order valence-corrected chi connectivity index (χ3v) is 7.59. The van der Waals surface area contributed by atoms with Crippen LogP contribution in [0.25, 0.3) is 11.3 Å². The van der Waals surface area contributed by atoms with Crippen LogP contribution >= 0.6 is 0 Å². The molecule has 7 nitrogen and oxygen atoms in total. The van der Waals surface area contributed by atoms with Gasteiger partial charge in [0.25, 0.3) is 0 Å². The maximum absolute atomic E-state index is 13.2. The number of nitrogens with two attached hydrogens (primary N) is 1. The number of anilines is 1. The molecule has 1 aliphatic carbocycles. The number of pyridine rings is 1. The summed E-state index contributed by atoms with van der Waals surface area (Å²) in [5.41, 5.74) is 11.9. The first-order chi connectivity index (χ1) is 17.5. The molecule has 2 atom stereocenters. The molecule has 3 aromatic rings. The Balaban J connectivity index is 1.44. The standard InChI is InChI=1S/C30H33N3O4/c1-17-5-7-18(8-6-17)27-28-23(29(2,31)16-32-28)15-26(33-27)30(3,36)10-9-24(35)20-11-19-12-21(34)14-22(19)25(13-20)37-4/h5-8,11,13,15,32,36H,9-10,12,14,16,31H2,1-4H3. The Morgan fingerprint density at radius 1 is 1.22 bits per heavy atom. The van der Waals surface area contributed by atoms with Gasteiger partial charge in [0.05, 0.1) is 29.7 Å². The monoisotopic (exact) mass is 499 g/mol. The Kier molecular flexibility index (Phi) is 6.16. The summed E-state index contributed by atoms with van der Waals surface area (Å²) in [6.45, 7) is 6.24. The molecule has 2 heterocycles. The van der Waals surface area contributed by atoms with Crippen LogP contribution in [0.4, 0.5) is 5.69 Å². The first-order valence-corrected chi connectivity index (χ1v) is 12.6. The number of rotatable bonds is 7. The van der Waals surface area contributed by atoms with Crippen LogP contribution in [-0.4, -0.2) is 35.3 Å². The number of benzene rings is 2. The second-order valence-electron chi connectivity index (χ2n) is 10.8. The van der Waals surface area contributed by atoms with E-state index in [1.54, 1.807) is 26.2 Å². The number of aryl methyl sites for hydroxylation is 1. The molecule has 5 rings (SSSR count). The van der Waals surface area contributed by atoms with Crippen molar-refractivity contribution in [3.63, 3.8) is 0 Å². The lowest BCUT2D eigenvalue weighted by Gasteiger charge is -2.26. The number of Topliss-reactive ketones (excluding diaryl/α,β-unsaturated/α-hetero) is 2. The summed E-state index contributed by atoms with van der Waals surface area (Å²) in [5.74, 6) is 0.566. The van der Waals surface area contributed by atoms with E-state index < -0.39 is 11.1 Å². The Hall–Kier alpha value is -3.55. The molecule has 1 aliphatic heterocycles. The SMILES string of the molecule is COc1cc(C(=O)CCC(C)(O)c2cc3c(c(-c4ccc(C)cc4)n2)NCC3(C)N)cc2c1CC(=O)C2. The van der Waals surface area contributed by atoms with Crippen molar-refractivity contribution in [1.82, 2.24) is 4.98 Å². The number of ketones is 2. The summed E-state index contributed by atoms with van der Waals surface area (Å²) in [6, 6.07) is 13.4. The highest BCUT2D eigenvalue weighted by Gasteiger charge is 2.37. The fourth-order valence-electron chi connectivity index (χ4n) is 5.24. The van der Waals surface area contributed by atoms with Crippen LogP contribution in [0.1, 0.15) is 65.0 Å². The molecule has 4 N–H and O–H groups in total. The van der Waals surface area contributed by atoms with Crippen molar-refractivity contribution < 1.29 is 19.4 Å². The molecule has 0 spiro atoms. The number of aliphatic hydroxyl groups is 1. The number of carbonyl (C=O) groups excluding carboxylic acids is 2. The Morgan fingerprint density at radius 2 is 1.95 bits per heavy atom. The maximum Gasteiger partial charge on any atom is 0.163 e. The van der Waals surface area contributed by atoms with Gasteiger partial charge in [-0.05, 0) is 51.0 Å². The van der Waals surface area contributed by atoms with Crippen LogP contribution in [0.5, 0.6) is 5.75 Å². The van der Waals surface area contributed by atoms with Gasteiger partial charge in [-0.3, -0.25) is 9.59 Å². The summed E-state index contributed by atoms with van der Waals surface area (Å²) in [7, 11) is 1.54. The molecule has 0 saturated carbocycles. The predicted octanol–water partition coefficient (Wildman–Crippen LogP) is 4.20. The van der Waals surface area contributed by atoms with E-state index >= 15 is 0 Å². The highest BCUT2D eigenvalue weighted by molar-refractivity contribution is 5.98. The summed E-state index contributed by atoms with van der Waals surface area (Å²) < 4.78 is 5.45. The lowest BCUT2D eigenvalue weighted by Crippen LogP contribution is -2.35. The number of ether oxygens (including phenoxy) is 1. The maximum atomic E-state index is 13.2. The first kappa shape index (κ1) is 25.1. The summed E-state index contributed by atoms with van der Waals surface area (Å²) in [4.78, 5) is 30.0. The number of aromatic nitrogens is 1. The normalized spacial score (nSPS) is 19.7. The van der Waals surface area contributed by atoms with E-state index in [2.05, 4.69) is 5.32 Å². The molecule has 2 unspecified atom stereocenters. The van der Waals surface area contributed by atoms with Crippen molar-refractivity contribution in [3.05, 3.63) is 76.0 Å². The average molecular weight is 500 g/mol. The molecule has 0 bridgehead atoms. The van der Waals surface area contributed by atoms with Gasteiger partial charge in [0, 0.05) is 48.1 Å². The van der Waals surface area contributed by atoms with Gasteiger partial charge in [-0.25, -0.2) is 4.98 Å². The minimum atomic E-state index is -1.36. The molecule has 192 valence electrons. The Bertz CT molecular complexity index is 1410. The van der Waals surface area contributed by atoms with Crippen LogP contribution in [-0.2, 0) is 28.8 Å². The van der Waals surface area contributed by atoms with Gasteiger partial charge in [0.2, 0.25) is 0 Å². The van der Waals surface area contributed by atoms with E-state index in [1.165, 1.54) is 0 Å². The largest absolute Gasteiger partial charge is 0.496 e. The van der Waals surface area contributed by atoms with Crippen molar-refractivity contribution in [2.45, 2.75) is 57.6 Å². The number of carbonyl (C=O) groups is 2. The average Bonchev–Trinajstić information content (AvgIpc) is 3.40. The van der Waals surface area contributed by atoms with Gasteiger partial charge in [0.15, 0.2) is 5.78 Å². The van der Waals surface area contributed by atoms with Crippen molar-refractivity contribution in [2.75, 3.05) is 19.0 Å². The summed E-state index contributed by atoms with van der Waals surface area (Å²) in [5, 5.41) is 14.9. The van der Waals surface area contributed by atoms with Gasteiger partial charge in [0.1, 0.15) is 17.1 Å². The minimum absolute atomic E-state index is 0.111. The van der Waals surface area contributed by atoms with Crippen molar-refractivity contribution >= 4 is 17.3 Å². The molecule has 1 aromatic heterocycles. The number of nitrogens with zero attached hydrogens (tertiary/aromatic N) is 1. The Morgan fingerprint density at radius 3 is 2.65 bits per heavy atom. The number of nitrogens with one attached hydrogen (secondary N) is 1. The van der Waals surface area contributed by atoms with E-state index in [9.17, 15) is 14.7 Å². The van der Waals surface area contributed by atoms with Crippen LogP contribution in [0.3, 0.4) is 0 Å². The van der Waals surface area contributed by atoms with Crippen LogP contribution < -0.4 is 15.8 Å². The second-order valence-corrected chi connectivity index (χ2v) is 10.8. The molecule has 37 heavy (non-hydrogen) atoms. The smallest absolute Gasteiger partial charge is 0.163 e. The van der Waals surface area contributed by atoms with Crippen LogP contribution in [0, 0.1) is 6.92 Å². The van der Waals surface area contributed by atoms with Gasteiger partial charge < -0.3 is 20.9 Å². The van der Waals surface area contributed by atoms with E-state index in [0.717, 1.165) is 39.2 Å². The summed E-state index contributed by atoms with van der Waals surface area (Å²) >= 11 is 0. The van der Waals surface area contributed by atoms with E-state index in [1.807, 2.05) is 44.2 Å². The van der Waals surface area contributed by atoms with Crippen molar-refractivity contribution in [3.8, 4) is 17.0 Å². The minimum Gasteiger partial charge on any atom is -0.496 e. The number of hydrogen-bond donors (Lipinski definition) is 3. The lowest BCUT2D eigenvalue weighted by atomic mass is 9.87. The molecule has 7 heteroatoms. The molecule has 0 amide bonds. The van der Waals surface area contributed by atoms with Crippen molar-refractivity contribution in [1.29, 1.82) is 0 Å². The van der Waals surface area contributed by atoms with Crippen LogP contribution in [0.2, 0.25) is 0 Å². The topological polar surface area (TPSA) is 115 Å². The molecule has 0 saturated heterocycles. The molecule has 2 aliphatic rings. The molecule has 0 fully saturated rings. The lowest BCUT2D eigenvalue weighted by molar-refractivity contribution is -0.117. The fraction of sp³-hybridized carbons (Fsp3) is 0.367. The van der Waals surface area contributed by atoms with Gasteiger partial charge in [-0.2, -0.15) is 0 Å². The van der Waals surface area contributed by atoms with Gasteiger partial charge in [-0.15, -0.1) is 0 Å². The fourth-order valence-corrected chi connectivity index (χ4v) is 5.24. The zero-order valence-corrected chi connectivity index (χ0v) is 21.8. The van der Waals surface area contributed by atoms with Crippen molar-refractivity contribution in [2.24, 2.45) is 5.73 Å². The summed E-state index contributed by atoms with van der Waals surface area (Å²) in [6.07, 6.45) is 0.943.